The summed E-state index contributed by atoms with van der Waals surface area (Å²) in [6.07, 6.45) is 3.45. The third-order valence-corrected chi connectivity index (χ3v) is 1.33. The molecule has 1 aliphatic rings. The van der Waals surface area contributed by atoms with Crippen LogP contribution in [0.2, 0.25) is 0 Å². The van der Waals surface area contributed by atoms with E-state index in [9.17, 15) is 0 Å². The standard InChI is InChI=1S/C8H6N.CH4S.Y/c1-2-4-7(5-3-1)8-6-9-8;1-2;/h1-6H;2H,1H3;/q-1;;/p-1. The maximum absolute atomic E-state index is 4.08. The topological polar surface area (TPSA) is 14.1 Å². The zero-order chi connectivity index (χ0) is 8.10. The summed E-state index contributed by atoms with van der Waals surface area (Å²) in [5, 5.41) is 3.96. The van der Waals surface area contributed by atoms with Crippen LogP contribution in [0.4, 0.5) is 0 Å². The van der Waals surface area contributed by atoms with Crippen molar-refractivity contribution in [2.45, 2.75) is 0 Å². The number of rotatable bonds is 1. The van der Waals surface area contributed by atoms with Gasteiger partial charge in [0.05, 0.1) is 0 Å². The molecule has 1 nitrogen and oxygen atoms in total. The normalized spacial score (nSPS) is 11.0. The molecule has 0 fully saturated rings. The van der Waals surface area contributed by atoms with E-state index in [1.807, 2.05) is 24.4 Å². The summed E-state index contributed by atoms with van der Waals surface area (Å²) >= 11 is 4.08. The van der Waals surface area contributed by atoms with Crippen LogP contribution in [0.25, 0.3) is 11.0 Å². The Balaban J connectivity index is 0.000000378. The zero-order valence-corrected chi connectivity index (χ0v) is 10.6. The van der Waals surface area contributed by atoms with E-state index in [4.69, 9.17) is 0 Å². The van der Waals surface area contributed by atoms with Crippen molar-refractivity contribution < 1.29 is 32.7 Å². The third-order valence-electron chi connectivity index (χ3n) is 1.33. The molecule has 1 aromatic rings. The van der Waals surface area contributed by atoms with Crippen LogP contribution in [-0.2, 0) is 45.3 Å². The first-order valence-electron chi connectivity index (χ1n) is 3.34. The summed E-state index contributed by atoms with van der Waals surface area (Å²) in [5.41, 5.74) is 2.34. The molecule has 0 saturated heterocycles. The minimum absolute atomic E-state index is 0. The average Bonchev–Trinajstić information content (AvgIpc) is 2.92. The number of benzene rings is 1. The summed E-state index contributed by atoms with van der Waals surface area (Å²) in [4.78, 5) is 0. The number of nitrogens with zero attached hydrogens (tertiary/aromatic N) is 1. The molecule has 0 amide bonds. The largest absolute Gasteiger partial charge is 0.796 e. The molecule has 61 valence electrons. The first-order valence-corrected chi connectivity index (χ1v) is 4.16. The average molecular weight is 252 g/mol. The molecule has 12 heavy (non-hydrogen) atoms. The van der Waals surface area contributed by atoms with Crippen LogP contribution in [0.3, 0.4) is 0 Å². The second-order valence-electron chi connectivity index (χ2n) is 2.01. The minimum atomic E-state index is 0. The van der Waals surface area contributed by atoms with Gasteiger partial charge in [0.1, 0.15) is 0 Å². The van der Waals surface area contributed by atoms with E-state index < -0.39 is 0 Å². The van der Waals surface area contributed by atoms with Gasteiger partial charge in [-0.2, -0.15) is 18.2 Å². The summed E-state index contributed by atoms with van der Waals surface area (Å²) in [6.45, 7) is 0. The molecule has 2 rings (SSSR count). The van der Waals surface area contributed by atoms with Crippen molar-refractivity contribution in [3.63, 3.8) is 0 Å². The van der Waals surface area contributed by atoms with E-state index in [0.29, 0.717) is 0 Å². The summed E-state index contributed by atoms with van der Waals surface area (Å²) < 4.78 is 0. The van der Waals surface area contributed by atoms with E-state index in [0.717, 1.165) is 5.70 Å². The molecule has 0 aromatic heterocycles. The van der Waals surface area contributed by atoms with Crippen molar-refractivity contribution in [1.82, 2.24) is 0 Å². The van der Waals surface area contributed by atoms with Crippen molar-refractivity contribution in [1.29, 1.82) is 0 Å². The van der Waals surface area contributed by atoms with E-state index >= 15 is 0 Å². The maximum Gasteiger partial charge on any atom is 0 e. The smallest absolute Gasteiger partial charge is 0 e. The molecule has 1 radical (unpaired) electrons. The van der Waals surface area contributed by atoms with Crippen LogP contribution in [0.5, 0.6) is 0 Å². The van der Waals surface area contributed by atoms with Gasteiger partial charge in [-0.15, -0.1) is 0 Å². The molecule has 0 spiro atoms. The van der Waals surface area contributed by atoms with Gasteiger partial charge in [-0.1, -0.05) is 30.3 Å². The monoisotopic (exact) mass is 252 g/mol. The van der Waals surface area contributed by atoms with Crippen molar-refractivity contribution >= 4 is 18.3 Å². The minimum Gasteiger partial charge on any atom is -0.796 e. The Morgan fingerprint density at radius 3 is 2.00 bits per heavy atom. The van der Waals surface area contributed by atoms with Gasteiger partial charge in [-0.3, -0.25) is 0 Å². The Kier molecular flexibility index (Phi) is 6.82. The van der Waals surface area contributed by atoms with Crippen molar-refractivity contribution in [3.05, 3.63) is 47.4 Å². The van der Waals surface area contributed by atoms with E-state index in [2.05, 4.69) is 30.1 Å². The fraction of sp³-hybridized carbons (Fsp3) is 0.111. The molecule has 0 atom stereocenters. The Hall–Kier alpha value is 0.214. The van der Waals surface area contributed by atoms with Gasteiger partial charge in [-0.25, -0.2) is 0 Å². The van der Waals surface area contributed by atoms with Crippen LogP contribution >= 0.6 is 0 Å². The van der Waals surface area contributed by atoms with Crippen LogP contribution < -0.4 is 0 Å². The molecule has 0 N–H and O–H groups in total. The van der Waals surface area contributed by atoms with Gasteiger partial charge >= 0.3 is 0 Å². The van der Waals surface area contributed by atoms with Crippen LogP contribution in [0, 0.1) is 0 Å². The quantitative estimate of drug-likeness (QED) is 0.700. The zero-order valence-electron chi connectivity index (χ0n) is 6.90. The van der Waals surface area contributed by atoms with E-state index in [1.54, 1.807) is 6.26 Å². The second kappa shape index (κ2) is 6.70. The molecule has 3 heteroatoms. The van der Waals surface area contributed by atoms with Crippen LogP contribution in [-0.4, -0.2) is 6.26 Å². The molecule has 0 bridgehead atoms. The van der Waals surface area contributed by atoms with Crippen molar-refractivity contribution in [3.8, 4) is 0 Å². The van der Waals surface area contributed by atoms with Gasteiger partial charge in [0, 0.05) is 32.7 Å². The fourth-order valence-electron chi connectivity index (χ4n) is 0.790. The molecular formula is C9H9NSY-2. The van der Waals surface area contributed by atoms with Gasteiger partial charge in [0.15, 0.2) is 0 Å². The molecule has 0 unspecified atom stereocenters. The third kappa shape index (κ3) is 3.75. The number of hydrogen-bond acceptors (Lipinski definition) is 1. The Morgan fingerprint density at radius 2 is 1.58 bits per heavy atom. The van der Waals surface area contributed by atoms with Gasteiger partial charge in [0.2, 0.25) is 0 Å². The fourth-order valence-corrected chi connectivity index (χ4v) is 0.790. The SMILES string of the molecule is C1=C(c2ccccc2)[N-]1.C[S-].[Y]. The summed E-state index contributed by atoms with van der Waals surface area (Å²) in [5.74, 6) is 0. The number of hydrogen-bond donors (Lipinski definition) is 0. The predicted octanol–water partition coefficient (Wildman–Crippen LogP) is 2.53. The second-order valence-corrected chi connectivity index (χ2v) is 2.01. The molecule has 1 aromatic carbocycles. The Morgan fingerprint density at radius 1 is 1.08 bits per heavy atom. The van der Waals surface area contributed by atoms with E-state index in [1.165, 1.54) is 5.56 Å². The molecular weight excluding hydrogens is 243 g/mol. The van der Waals surface area contributed by atoms with Gasteiger partial charge < -0.3 is 17.9 Å². The molecule has 0 saturated carbocycles. The van der Waals surface area contributed by atoms with Gasteiger partial charge in [-0.05, 0) is 5.56 Å². The Bertz CT molecular complexity index is 246. The Labute approximate surface area is 104 Å². The molecule has 1 aliphatic heterocycles. The predicted molar refractivity (Wildman–Crippen MR) is 51.1 cm³/mol. The van der Waals surface area contributed by atoms with Crippen LogP contribution in [0.15, 0.2) is 36.5 Å². The summed E-state index contributed by atoms with van der Waals surface area (Å²) in [6, 6.07) is 10.2. The van der Waals surface area contributed by atoms with Crippen molar-refractivity contribution in [2.24, 2.45) is 0 Å². The maximum atomic E-state index is 4.08. The first kappa shape index (κ1) is 12.2. The van der Waals surface area contributed by atoms with Crippen molar-refractivity contribution in [2.75, 3.05) is 6.26 Å². The summed E-state index contributed by atoms with van der Waals surface area (Å²) in [7, 11) is 0. The van der Waals surface area contributed by atoms with Gasteiger partial charge in [0.25, 0.3) is 0 Å². The van der Waals surface area contributed by atoms with Crippen LogP contribution in [0.1, 0.15) is 5.56 Å². The van der Waals surface area contributed by atoms with E-state index in [-0.39, 0.29) is 32.7 Å². The molecule has 0 aliphatic carbocycles. The molecule has 1 heterocycles. The first-order chi connectivity index (χ1) is 5.47.